The minimum absolute atomic E-state index is 0.173. The van der Waals surface area contributed by atoms with Crippen LogP contribution in [0.5, 0.6) is 0 Å². The fourth-order valence-corrected chi connectivity index (χ4v) is 6.04. The number of nitrogens with zero attached hydrogens (tertiary/aromatic N) is 5. The number of nitriles is 3. The Morgan fingerprint density at radius 1 is 1.05 bits per heavy atom. The van der Waals surface area contributed by atoms with E-state index >= 15 is 0 Å². The standard InChI is InChI=1S/C31H30N8O3S/c1-2-39-29(42)26(43-30(39)25(18-33)28(41)35-14-13-32)19-36-23-9-6-10-24(17-23)37-27(40)20-38-15-11-31(21-34,12-16-38)22-7-4-3-5-8-22/h3-10,17,19,36H,2,11-12,14-16,20H2,1H3,(H,35,41)(H,37,40)/b26-19+,30-25-. The van der Waals surface area contributed by atoms with Crippen LogP contribution >= 0.6 is 11.3 Å². The van der Waals surface area contributed by atoms with Crippen molar-refractivity contribution >= 4 is 46.3 Å². The van der Waals surface area contributed by atoms with Crippen molar-refractivity contribution in [3.8, 4) is 18.2 Å². The second-order valence-electron chi connectivity index (χ2n) is 9.90. The van der Waals surface area contributed by atoms with Crippen molar-refractivity contribution in [2.75, 3.05) is 36.8 Å². The number of aromatic nitrogens is 1. The molecule has 1 aliphatic rings. The third kappa shape index (κ3) is 7.17. The quantitative estimate of drug-likeness (QED) is 0.314. The Hall–Kier alpha value is -5.22. The Morgan fingerprint density at radius 3 is 2.42 bits per heavy atom. The van der Waals surface area contributed by atoms with Crippen LogP contribution in [0.25, 0.3) is 11.8 Å². The average molecular weight is 595 g/mol. The number of piperidine rings is 1. The minimum Gasteiger partial charge on any atom is -0.360 e. The number of anilines is 2. The first kappa shape index (κ1) is 30.7. The van der Waals surface area contributed by atoms with Crippen LogP contribution in [0.15, 0.2) is 59.4 Å². The van der Waals surface area contributed by atoms with Gasteiger partial charge in [-0.1, -0.05) is 36.4 Å². The lowest BCUT2D eigenvalue weighted by atomic mass is 9.74. The highest BCUT2D eigenvalue weighted by atomic mass is 32.1. The van der Waals surface area contributed by atoms with Crippen molar-refractivity contribution in [2.24, 2.45) is 0 Å². The van der Waals surface area contributed by atoms with Gasteiger partial charge in [-0.3, -0.25) is 23.9 Å². The molecule has 4 rings (SSSR count). The zero-order valence-electron chi connectivity index (χ0n) is 23.6. The number of nitrogens with one attached hydrogen (secondary N) is 3. The largest absolute Gasteiger partial charge is 0.360 e. The molecular weight excluding hydrogens is 564 g/mol. The maximum atomic E-state index is 13.0. The Kier molecular flexibility index (Phi) is 10.1. The summed E-state index contributed by atoms with van der Waals surface area (Å²) in [4.78, 5) is 40.2. The van der Waals surface area contributed by atoms with Crippen LogP contribution in [0.3, 0.4) is 0 Å². The number of hydrogen-bond acceptors (Lipinski definition) is 9. The van der Waals surface area contributed by atoms with Crippen molar-refractivity contribution in [3.63, 3.8) is 0 Å². The molecule has 0 saturated carbocycles. The van der Waals surface area contributed by atoms with Crippen LogP contribution in [-0.4, -0.2) is 47.5 Å². The van der Waals surface area contributed by atoms with Crippen molar-refractivity contribution in [1.82, 2.24) is 14.8 Å². The monoisotopic (exact) mass is 594 g/mol. The van der Waals surface area contributed by atoms with Crippen LogP contribution in [0, 0.1) is 34.0 Å². The molecule has 218 valence electrons. The van der Waals surface area contributed by atoms with E-state index in [2.05, 4.69) is 22.0 Å². The molecule has 0 unspecified atom stereocenters. The van der Waals surface area contributed by atoms with Crippen molar-refractivity contribution in [2.45, 2.75) is 31.7 Å². The van der Waals surface area contributed by atoms with Gasteiger partial charge in [0, 0.05) is 37.2 Å². The first-order valence-corrected chi connectivity index (χ1v) is 14.5. The van der Waals surface area contributed by atoms with Gasteiger partial charge in [0.2, 0.25) is 5.91 Å². The van der Waals surface area contributed by atoms with Crippen LogP contribution in [0.4, 0.5) is 11.4 Å². The molecule has 2 heterocycles. The summed E-state index contributed by atoms with van der Waals surface area (Å²) in [6.45, 7) is 3.19. The van der Waals surface area contributed by atoms with Crippen LogP contribution in [0.2, 0.25) is 0 Å². The van der Waals surface area contributed by atoms with Gasteiger partial charge in [0.15, 0.2) is 5.57 Å². The van der Waals surface area contributed by atoms with E-state index in [1.54, 1.807) is 37.3 Å². The molecule has 1 aromatic heterocycles. The molecule has 0 bridgehead atoms. The third-order valence-electron chi connectivity index (χ3n) is 7.24. The molecule has 0 aliphatic carbocycles. The first-order valence-electron chi connectivity index (χ1n) is 13.7. The lowest BCUT2D eigenvalue weighted by Crippen LogP contribution is -2.44. The summed E-state index contributed by atoms with van der Waals surface area (Å²) < 4.78 is 1.81. The Morgan fingerprint density at radius 2 is 1.77 bits per heavy atom. The highest BCUT2D eigenvalue weighted by Crippen LogP contribution is 2.34. The zero-order valence-corrected chi connectivity index (χ0v) is 24.4. The molecule has 3 N–H and O–H groups in total. The van der Waals surface area contributed by atoms with Crippen LogP contribution in [-0.2, 0) is 21.5 Å². The fraction of sp³-hybridized carbons (Fsp3) is 0.290. The number of benzene rings is 2. The van der Waals surface area contributed by atoms with Gasteiger partial charge in [0.1, 0.15) is 21.8 Å². The molecule has 11 nitrogen and oxygen atoms in total. The second-order valence-corrected chi connectivity index (χ2v) is 10.9. The summed E-state index contributed by atoms with van der Waals surface area (Å²) in [7, 11) is 0. The average Bonchev–Trinajstić information content (AvgIpc) is 3.34. The first-order chi connectivity index (χ1) is 20.8. The van der Waals surface area contributed by atoms with Gasteiger partial charge < -0.3 is 16.0 Å². The molecule has 12 heteroatoms. The number of amides is 2. The highest BCUT2D eigenvalue weighted by molar-refractivity contribution is 7.07. The normalized spacial score (nSPS) is 15.3. The van der Waals surface area contributed by atoms with Crippen LogP contribution < -0.4 is 30.7 Å². The number of carbonyl (C=O) groups excluding carboxylic acids is 2. The zero-order chi connectivity index (χ0) is 30.8. The van der Waals surface area contributed by atoms with E-state index in [-0.39, 0.29) is 45.9 Å². The molecule has 0 radical (unpaired) electrons. The van der Waals surface area contributed by atoms with Gasteiger partial charge in [-0.05, 0) is 43.5 Å². The van der Waals surface area contributed by atoms with Crippen LogP contribution in [0.1, 0.15) is 25.3 Å². The summed E-state index contributed by atoms with van der Waals surface area (Å²) in [5.41, 5.74) is 1.06. The van der Waals surface area contributed by atoms with Gasteiger partial charge >= 0.3 is 0 Å². The van der Waals surface area contributed by atoms with E-state index in [1.807, 2.05) is 41.3 Å². The SMILES string of the molecule is CCn1c(=O)/c(=C\Nc2cccc(NC(=O)CN3CCC(C#N)(c4ccccc4)CC3)c2)s/c1=C(/C#N)C(=O)NCC#N. The molecule has 3 aromatic rings. The summed E-state index contributed by atoms with van der Waals surface area (Å²) in [5, 5.41) is 36.5. The predicted octanol–water partition coefficient (Wildman–Crippen LogP) is 1.59. The molecule has 1 fully saturated rings. The van der Waals surface area contributed by atoms with Crippen molar-refractivity contribution in [3.05, 3.63) is 79.7 Å². The van der Waals surface area contributed by atoms with Crippen molar-refractivity contribution < 1.29 is 9.59 Å². The van der Waals surface area contributed by atoms with Gasteiger partial charge in [-0.2, -0.15) is 15.8 Å². The van der Waals surface area contributed by atoms with E-state index in [4.69, 9.17) is 5.26 Å². The Labute approximate surface area is 252 Å². The summed E-state index contributed by atoms with van der Waals surface area (Å²) in [5.74, 6) is -0.895. The summed E-state index contributed by atoms with van der Waals surface area (Å²) in [6.07, 6.45) is 2.80. The maximum absolute atomic E-state index is 13.0. The number of rotatable bonds is 9. The smallest absolute Gasteiger partial charge is 0.270 e. The lowest BCUT2D eigenvalue weighted by Gasteiger charge is -2.37. The van der Waals surface area contributed by atoms with Gasteiger partial charge in [0.05, 0.1) is 24.1 Å². The molecule has 0 spiro atoms. The van der Waals surface area contributed by atoms with E-state index in [1.165, 1.54) is 10.8 Å². The van der Waals surface area contributed by atoms with E-state index in [0.29, 0.717) is 37.3 Å². The molecular formula is C31H30N8O3S. The van der Waals surface area contributed by atoms with E-state index < -0.39 is 11.3 Å². The highest BCUT2D eigenvalue weighted by Gasteiger charge is 2.36. The number of likely N-dealkylation sites (tertiary alicyclic amines) is 1. The van der Waals surface area contributed by atoms with Gasteiger partial charge in [-0.25, -0.2) is 0 Å². The van der Waals surface area contributed by atoms with E-state index in [9.17, 15) is 24.9 Å². The second kappa shape index (κ2) is 14.1. The minimum atomic E-state index is -0.722. The van der Waals surface area contributed by atoms with Gasteiger partial charge in [0.25, 0.3) is 11.5 Å². The Bertz CT molecular complexity index is 1800. The summed E-state index contributed by atoms with van der Waals surface area (Å²) in [6, 6.07) is 23.0. The van der Waals surface area contributed by atoms with Gasteiger partial charge in [-0.15, -0.1) is 11.3 Å². The topological polar surface area (TPSA) is 167 Å². The molecule has 1 aliphatic heterocycles. The number of hydrogen-bond donors (Lipinski definition) is 3. The molecule has 0 atom stereocenters. The number of thiazole rings is 1. The summed E-state index contributed by atoms with van der Waals surface area (Å²) >= 11 is 0.992. The predicted molar refractivity (Wildman–Crippen MR) is 164 cm³/mol. The van der Waals surface area contributed by atoms with E-state index in [0.717, 1.165) is 16.9 Å². The molecule has 2 amide bonds. The molecule has 1 saturated heterocycles. The fourth-order valence-electron chi connectivity index (χ4n) is 4.95. The molecule has 43 heavy (non-hydrogen) atoms. The number of carbonyl (C=O) groups is 2. The maximum Gasteiger partial charge on any atom is 0.270 e. The van der Waals surface area contributed by atoms with Crippen molar-refractivity contribution in [1.29, 1.82) is 15.8 Å². The third-order valence-corrected chi connectivity index (χ3v) is 8.37. The Balaban J connectivity index is 1.42. The molecule has 2 aromatic carbocycles. The lowest BCUT2D eigenvalue weighted by molar-refractivity contribution is -0.117.